The summed E-state index contributed by atoms with van der Waals surface area (Å²) in [5.41, 5.74) is 1.32. The molecule has 1 aromatic rings. The molecule has 0 aliphatic carbocycles. The number of benzene rings is 1. The van der Waals surface area contributed by atoms with E-state index in [1.165, 1.54) is 6.92 Å². The predicted octanol–water partition coefficient (Wildman–Crippen LogP) is 1.84. The summed E-state index contributed by atoms with van der Waals surface area (Å²) >= 11 is 0. The summed E-state index contributed by atoms with van der Waals surface area (Å²) in [6, 6.07) is 7.00. The molecule has 22 heavy (non-hydrogen) atoms. The molecule has 0 aromatic heterocycles. The van der Waals surface area contributed by atoms with Crippen molar-refractivity contribution in [2.75, 3.05) is 17.2 Å². The molecule has 1 atom stereocenters. The van der Waals surface area contributed by atoms with Crippen molar-refractivity contribution in [3.63, 3.8) is 0 Å². The third-order valence-electron chi connectivity index (χ3n) is 3.63. The summed E-state index contributed by atoms with van der Waals surface area (Å²) in [5.74, 6) is -0.583. The number of nitrogens with one attached hydrogen (secondary N) is 2. The summed E-state index contributed by atoms with van der Waals surface area (Å²) in [5, 5.41) is 5.48. The number of carbonyl (C=O) groups excluding carboxylic acids is 3. The number of hydrogen-bond donors (Lipinski definition) is 2. The van der Waals surface area contributed by atoms with Crippen molar-refractivity contribution in [2.45, 2.75) is 33.2 Å². The Hall–Kier alpha value is -2.37. The lowest BCUT2D eigenvalue weighted by Crippen LogP contribution is -2.33. The minimum absolute atomic E-state index is 0.0242. The van der Waals surface area contributed by atoms with E-state index in [1.54, 1.807) is 29.2 Å². The fourth-order valence-corrected chi connectivity index (χ4v) is 2.49. The Bertz CT molecular complexity index is 581. The van der Waals surface area contributed by atoms with E-state index in [2.05, 4.69) is 10.6 Å². The summed E-state index contributed by atoms with van der Waals surface area (Å²) in [7, 11) is 0. The number of rotatable bonds is 4. The highest BCUT2D eigenvalue weighted by Gasteiger charge is 2.35. The van der Waals surface area contributed by atoms with Crippen LogP contribution in [0.15, 0.2) is 24.3 Å². The Kier molecular flexibility index (Phi) is 4.80. The normalized spacial score (nSPS) is 17.7. The number of anilines is 2. The average Bonchev–Trinajstić information content (AvgIpc) is 2.83. The minimum Gasteiger partial charge on any atom is -0.339 e. The third-order valence-corrected chi connectivity index (χ3v) is 3.63. The maximum Gasteiger partial charge on any atom is 0.229 e. The summed E-state index contributed by atoms with van der Waals surface area (Å²) in [6.07, 6.45) is 0.258. The SMILES string of the molecule is CC(=O)Nc1ccc(NC(=O)[C@@H]2CC(=O)N(C(C)C)C2)cc1. The molecule has 1 fully saturated rings. The molecule has 0 bridgehead atoms. The number of carbonyl (C=O) groups is 3. The molecule has 6 nitrogen and oxygen atoms in total. The van der Waals surface area contributed by atoms with Crippen LogP contribution in [0, 0.1) is 5.92 Å². The van der Waals surface area contributed by atoms with Gasteiger partial charge in [0.05, 0.1) is 5.92 Å². The first kappa shape index (κ1) is 16.0. The smallest absolute Gasteiger partial charge is 0.229 e. The molecule has 0 spiro atoms. The van der Waals surface area contributed by atoms with Crippen LogP contribution in [-0.2, 0) is 14.4 Å². The van der Waals surface area contributed by atoms with Crippen LogP contribution in [-0.4, -0.2) is 35.2 Å². The monoisotopic (exact) mass is 303 g/mol. The molecule has 1 saturated heterocycles. The number of nitrogens with zero attached hydrogens (tertiary/aromatic N) is 1. The zero-order valence-corrected chi connectivity index (χ0v) is 13.1. The molecule has 1 aliphatic heterocycles. The highest BCUT2D eigenvalue weighted by molar-refractivity contribution is 5.97. The molecule has 1 heterocycles. The zero-order chi connectivity index (χ0) is 16.3. The van der Waals surface area contributed by atoms with Crippen molar-refractivity contribution >= 4 is 29.1 Å². The van der Waals surface area contributed by atoms with Crippen molar-refractivity contribution in [1.29, 1.82) is 0 Å². The number of hydrogen-bond acceptors (Lipinski definition) is 3. The van der Waals surface area contributed by atoms with E-state index in [-0.39, 0.29) is 36.1 Å². The van der Waals surface area contributed by atoms with Crippen LogP contribution in [0.5, 0.6) is 0 Å². The zero-order valence-electron chi connectivity index (χ0n) is 13.1. The van der Waals surface area contributed by atoms with Crippen LogP contribution in [0.4, 0.5) is 11.4 Å². The molecule has 3 amide bonds. The van der Waals surface area contributed by atoms with Gasteiger partial charge in [0.15, 0.2) is 0 Å². The molecule has 2 rings (SSSR count). The van der Waals surface area contributed by atoms with Crippen LogP contribution in [0.2, 0.25) is 0 Å². The van der Waals surface area contributed by atoms with Gasteiger partial charge in [-0.2, -0.15) is 0 Å². The Labute approximate surface area is 129 Å². The Morgan fingerprint density at radius 2 is 1.68 bits per heavy atom. The van der Waals surface area contributed by atoms with Crippen LogP contribution in [0.1, 0.15) is 27.2 Å². The van der Waals surface area contributed by atoms with Gasteiger partial charge in [0.2, 0.25) is 17.7 Å². The van der Waals surface area contributed by atoms with Gasteiger partial charge in [0.25, 0.3) is 0 Å². The van der Waals surface area contributed by atoms with Gasteiger partial charge < -0.3 is 15.5 Å². The van der Waals surface area contributed by atoms with Gasteiger partial charge in [-0.3, -0.25) is 14.4 Å². The Balaban J connectivity index is 1.95. The van der Waals surface area contributed by atoms with Crippen LogP contribution >= 0.6 is 0 Å². The second-order valence-electron chi connectivity index (χ2n) is 5.79. The van der Waals surface area contributed by atoms with Gasteiger partial charge in [-0.05, 0) is 38.1 Å². The summed E-state index contributed by atoms with van der Waals surface area (Å²) < 4.78 is 0. The Morgan fingerprint density at radius 3 is 2.14 bits per heavy atom. The molecule has 6 heteroatoms. The largest absolute Gasteiger partial charge is 0.339 e. The molecule has 0 radical (unpaired) electrons. The van der Waals surface area contributed by atoms with Crippen LogP contribution in [0.3, 0.4) is 0 Å². The van der Waals surface area contributed by atoms with E-state index in [0.29, 0.717) is 17.9 Å². The second-order valence-corrected chi connectivity index (χ2v) is 5.79. The average molecular weight is 303 g/mol. The quantitative estimate of drug-likeness (QED) is 0.891. The fraction of sp³-hybridized carbons (Fsp3) is 0.438. The molecule has 118 valence electrons. The second kappa shape index (κ2) is 6.60. The van der Waals surface area contributed by atoms with Crippen molar-refractivity contribution in [3.05, 3.63) is 24.3 Å². The molecular weight excluding hydrogens is 282 g/mol. The van der Waals surface area contributed by atoms with E-state index in [4.69, 9.17) is 0 Å². The maximum absolute atomic E-state index is 12.2. The van der Waals surface area contributed by atoms with E-state index in [9.17, 15) is 14.4 Å². The molecule has 2 N–H and O–H groups in total. The fourth-order valence-electron chi connectivity index (χ4n) is 2.49. The summed E-state index contributed by atoms with van der Waals surface area (Å²) in [6.45, 7) is 5.79. The highest BCUT2D eigenvalue weighted by Crippen LogP contribution is 2.22. The number of amides is 3. The first-order valence-corrected chi connectivity index (χ1v) is 7.35. The summed E-state index contributed by atoms with van der Waals surface area (Å²) in [4.78, 5) is 36.7. The lowest BCUT2D eigenvalue weighted by atomic mass is 10.1. The lowest BCUT2D eigenvalue weighted by Gasteiger charge is -2.20. The van der Waals surface area contributed by atoms with E-state index in [0.717, 1.165) is 0 Å². The highest BCUT2D eigenvalue weighted by atomic mass is 16.2. The van der Waals surface area contributed by atoms with Crippen molar-refractivity contribution in [2.24, 2.45) is 5.92 Å². The number of likely N-dealkylation sites (tertiary alicyclic amines) is 1. The molecule has 1 aromatic carbocycles. The van der Waals surface area contributed by atoms with Crippen LogP contribution < -0.4 is 10.6 Å². The van der Waals surface area contributed by atoms with Gasteiger partial charge in [-0.15, -0.1) is 0 Å². The first-order chi connectivity index (χ1) is 10.4. The maximum atomic E-state index is 12.2. The van der Waals surface area contributed by atoms with Crippen LogP contribution in [0.25, 0.3) is 0 Å². The van der Waals surface area contributed by atoms with Crippen molar-refractivity contribution in [1.82, 2.24) is 4.90 Å². The van der Waals surface area contributed by atoms with Gasteiger partial charge in [0.1, 0.15) is 0 Å². The standard InChI is InChI=1S/C16H21N3O3/c1-10(2)19-9-12(8-15(19)21)16(22)18-14-6-4-13(5-7-14)17-11(3)20/h4-7,10,12H,8-9H2,1-3H3,(H,17,20)(H,18,22)/t12-/m1/s1. The lowest BCUT2D eigenvalue weighted by molar-refractivity contribution is -0.129. The molecule has 0 saturated carbocycles. The molecule has 0 unspecified atom stereocenters. The molecule has 1 aliphatic rings. The molecular formula is C16H21N3O3. The van der Waals surface area contributed by atoms with Crippen molar-refractivity contribution in [3.8, 4) is 0 Å². The van der Waals surface area contributed by atoms with Gasteiger partial charge in [-0.25, -0.2) is 0 Å². The first-order valence-electron chi connectivity index (χ1n) is 7.35. The third kappa shape index (κ3) is 3.84. The van der Waals surface area contributed by atoms with Gasteiger partial charge in [0, 0.05) is 37.3 Å². The van der Waals surface area contributed by atoms with Crippen molar-refractivity contribution < 1.29 is 14.4 Å². The van der Waals surface area contributed by atoms with Gasteiger partial charge in [-0.1, -0.05) is 0 Å². The topological polar surface area (TPSA) is 78.5 Å². The van der Waals surface area contributed by atoms with Gasteiger partial charge >= 0.3 is 0 Å². The van der Waals surface area contributed by atoms with E-state index in [1.807, 2.05) is 13.8 Å². The van der Waals surface area contributed by atoms with E-state index < -0.39 is 0 Å². The predicted molar refractivity (Wildman–Crippen MR) is 84.3 cm³/mol. The Morgan fingerprint density at radius 1 is 1.14 bits per heavy atom. The van der Waals surface area contributed by atoms with E-state index >= 15 is 0 Å². The minimum atomic E-state index is -0.315.